The molecule has 4 heteroatoms. The number of methoxy groups -OCH3 is 1. The Hall–Kier alpha value is -0.160. The van der Waals surface area contributed by atoms with Gasteiger partial charge >= 0.3 is 0 Å². The van der Waals surface area contributed by atoms with Gasteiger partial charge in [0.05, 0.1) is 18.8 Å². The van der Waals surface area contributed by atoms with Crippen molar-refractivity contribution in [3.05, 3.63) is 0 Å². The van der Waals surface area contributed by atoms with Crippen molar-refractivity contribution in [1.82, 2.24) is 5.32 Å². The SMILES string of the molecule is COCCOCCCCNCC1(O)CCCCCC1. The molecule has 1 saturated carbocycles. The lowest BCUT2D eigenvalue weighted by molar-refractivity contribution is 0.0251. The molecule has 0 unspecified atom stereocenters. The highest BCUT2D eigenvalue weighted by atomic mass is 16.5. The second-order valence-electron chi connectivity index (χ2n) is 5.63. The molecule has 0 spiro atoms. The maximum absolute atomic E-state index is 10.4. The highest BCUT2D eigenvalue weighted by molar-refractivity contribution is 4.83. The second-order valence-corrected chi connectivity index (χ2v) is 5.63. The van der Waals surface area contributed by atoms with E-state index in [1.54, 1.807) is 7.11 Å². The minimum absolute atomic E-state index is 0.453. The zero-order valence-electron chi connectivity index (χ0n) is 12.5. The van der Waals surface area contributed by atoms with Crippen LogP contribution in [0, 0.1) is 0 Å². The summed E-state index contributed by atoms with van der Waals surface area (Å²) in [5.41, 5.74) is -0.453. The van der Waals surface area contributed by atoms with E-state index >= 15 is 0 Å². The number of aliphatic hydroxyl groups is 1. The molecule has 1 aliphatic rings. The summed E-state index contributed by atoms with van der Waals surface area (Å²) in [6.45, 7) is 3.87. The van der Waals surface area contributed by atoms with Crippen molar-refractivity contribution in [3.63, 3.8) is 0 Å². The van der Waals surface area contributed by atoms with Crippen molar-refractivity contribution in [2.24, 2.45) is 0 Å². The summed E-state index contributed by atoms with van der Waals surface area (Å²) in [7, 11) is 1.69. The topological polar surface area (TPSA) is 50.7 Å². The van der Waals surface area contributed by atoms with Crippen molar-refractivity contribution in [1.29, 1.82) is 0 Å². The maximum atomic E-state index is 10.4. The Morgan fingerprint density at radius 3 is 2.42 bits per heavy atom. The van der Waals surface area contributed by atoms with E-state index in [0.29, 0.717) is 13.2 Å². The standard InChI is InChI=1S/C15H31NO3/c1-18-12-13-19-11-7-6-10-16-14-15(17)8-4-2-3-5-9-15/h16-17H,2-14H2,1H3. The van der Waals surface area contributed by atoms with E-state index in [2.05, 4.69) is 5.32 Å². The van der Waals surface area contributed by atoms with Gasteiger partial charge in [0, 0.05) is 20.3 Å². The first kappa shape index (κ1) is 16.9. The molecule has 1 aliphatic carbocycles. The Balaban J connectivity index is 1.92. The molecule has 1 rings (SSSR count). The summed E-state index contributed by atoms with van der Waals surface area (Å²) < 4.78 is 10.3. The molecular formula is C15H31NO3. The Kier molecular flexibility index (Phi) is 9.43. The molecule has 0 heterocycles. The first-order valence-corrected chi connectivity index (χ1v) is 7.77. The molecule has 0 aromatic rings. The average molecular weight is 273 g/mol. The predicted molar refractivity (Wildman–Crippen MR) is 77.5 cm³/mol. The van der Waals surface area contributed by atoms with Gasteiger partial charge in [-0.25, -0.2) is 0 Å². The third-order valence-electron chi connectivity index (χ3n) is 3.81. The van der Waals surface area contributed by atoms with Gasteiger partial charge in [0.2, 0.25) is 0 Å². The molecule has 0 saturated heterocycles. The zero-order valence-corrected chi connectivity index (χ0v) is 12.5. The third-order valence-corrected chi connectivity index (χ3v) is 3.81. The Labute approximate surface area is 117 Å². The average Bonchev–Trinajstić information content (AvgIpc) is 2.62. The fourth-order valence-corrected chi connectivity index (χ4v) is 2.58. The molecule has 0 atom stereocenters. The first-order valence-electron chi connectivity index (χ1n) is 7.77. The number of hydrogen-bond acceptors (Lipinski definition) is 4. The van der Waals surface area contributed by atoms with Crippen molar-refractivity contribution < 1.29 is 14.6 Å². The first-order chi connectivity index (χ1) is 9.27. The molecule has 114 valence electrons. The second kappa shape index (κ2) is 10.6. The van der Waals surface area contributed by atoms with Crippen LogP contribution in [0.2, 0.25) is 0 Å². The van der Waals surface area contributed by atoms with Gasteiger partial charge in [0.25, 0.3) is 0 Å². The van der Waals surface area contributed by atoms with Crippen LogP contribution in [0.1, 0.15) is 51.4 Å². The van der Waals surface area contributed by atoms with E-state index in [1.807, 2.05) is 0 Å². The van der Waals surface area contributed by atoms with E-state index in [0.717, 1.165) is 45.4 Å². The summed E-state index contributed by atoms with van der Waals surface area (Å²) in [4.78, 5) is 0. The van der Waals surface area contributed by atoms with E-state index in [1.165, 1.54) is 25.7 Å². The largest absolute Gasteiger partial charge is 0.389 e. The molecule has 0 amide bonds. The van der Waals surface area contributed by atoms with Crippen LogP contribution < -0.4 is 5.32 Å². The highest BCUT2D eigenvalue weighted by Crippen LogP contribution is 2.26. The fraction of sp³-hybridized carbons (Fsp3) is 1.00. The zero-order chi connectivity index (χ0) is 13.8. The van der Waals surface area contributed by atoms with Crippen LogP contribution in [0.25, 0.3) is 0 Å². The van der Waals surface area contributed by atoms with Crippen molar-refractivity contribution in [2.75, 3.05) is 40.0 Å². The molecule has 0 aromatic heterocycles. The van der Waals surface area contributed by atoms with E-state index in [-0.39, 0.29) is 0 Å². The van der Waals surface area contributed by atoms with Gasteiger partial charge in [-0.1, -0.05) is 25.7 Å². The maximum Gasteiger partial charge on any atom is 0.0771 e. The van der Waals surface area contributed by atoms with Crippen LogP contribution in [0.5, 0.6) is 0 Å². The van der Waals surface area contributed by atoms with Crippen LogP contribution >= 0.6 is 0 Å². The fourth-order valence-electron chi connectivity index (χ4n) is 2.58. The van der Waals surface area contributed by atoms with Crippen LogP contribution in [-0.4, -0.2) is 50.7 Å². The van der Waals surface area contributed by atoms with Crippen LogP contribution in [-0.2, 0) is 9.47 Å². The number of nitrogens with one attached hydrogen (secondary N) is 1. The lowest BCUT2D eigenvalue weighted by atomic mass is 9.94. The number of hydrogen-bond donors (Lipinski definition) is 2. The van der Waals surface area contributed by atoms with E-state index in [4.69, 9.17) is 9.47 Å². The highest BCUT2D eigenvalue weighted by Gasteiger charge is 2.26. The van der Waals surface area contributed by atoms with Crippen LogP contribution in [0.15, 0.2) is 0 Å². The van der Waals surface area contributed by atoms with Gasteiger partial charge < -0.3 is 19.9 Å². The molecule has 0 radical (unpaired) electrons. The molecule has 2 N–H and O–H groups in total. The van der Waals surface area contributed by atoms with Crippen molar-refractivity contribution in [3.8, 4) is 0 Å². The summed E-state index contributed by atoms with van der Waals surface area (Å²) in [5.74, 6) is 0. The minimum Gasteiger partial charge on any atom is -0.389 e. The molecular weight excluding hydrogens is 242 g/mol. The van der Waals surface area contributed by atoms with Gasteiger partial charge in [0.1, 0.15) is 0 Å². The Morgan fingerprint density at radius 1 is 1.00 bits per heavy atom. The molecule has 0 bridgehead atoms. The lowest BCUT2D eigenvalue weighted by Crippen LogP contribution is -2.40. The molecule has 1 fully saturated rings. The summed E-state index contributed by atoms with van der Waals surface area (Å²) in [5, 5.41) is 13.8. The van der Waals surface area contributed by atoms with Crippen LogP contribution in [0.3, 0.4) is 0 Å². The van der Waals surface area contributed by atoms with Crippen LogP contribution in [0.4, 0.5) is 0 Å². The van der Waals surface area contributed by atoms with Gasteiger partial charge in [-0.3, -0.25) is 0 Å². The van der Waals surface area contributed by atoms with Gasteiger partial charge in [-0.05, 0) is 32.2 Å². The number of ether oxygens (including phenoxy) is 2. The van der Waals surface area contributed by atoms with Gasteiger partial charge in [0.15, 0.2) is 0 Å². The van der Waals surface area contributed by atoms with E-state index in [9.17, 15) is 5.11 Å². The van der Waals surface area contributed by atoms with E-state index < -0.39 is 5.60 Å². The number of unbranched alkanes of at least 4 members (excludes halogenated alkanes) is 1. The quantitative estimate of drug-likeness (QED) is 0.473. The summed E-state index contributed by atoms with van der Waals surface area (Å²) in [6.07, 6.45) is 8.98. The minimum atomic E-state index is -0.453. The Morgan fingerprint density at radius 2 is 1.74 bits per heavy atom. The van der Waals surface area contributed by atoms with Crippen molar-refractivity contribution in [2.45, 2.75) is 57.0 Å². The lowest BCUT2D eigenvalue weighted by Gasteiger charge is -2.27. The van der Waals surface area contributed by atoms with Crippen molar-refractivity contribution >= 4 is 0 Å². The molecule has 19 heavy (non-hydrogen) atoms. The summed E-state index contributed by atoms with van der Waals surface area (Å²) in [6, 6.07) is 0. The number of rotatable bonds is 10. The van der Waals surface area contributed by atoms with Gasteiger partial charge in [-0.15, -0.1) is 0 Å². The Bertz CT molecular complexity index is 204. The molecule has 4 nitrogen and oxygen atoms in total. The predicted octanol–water partition coefficient (Wildman–Crippen LogP) is 2.10. The summed E-state index contributed by atoms with van der Waals surface area (Å²) >= 11 is 0. The molecule has 0 aromatic carbocycles. The normalized spacial score (nSPS) is 19.3. The third kappa shape index (κ3) is 8.58. The molecule has 0 aliphatic heterocycles. The van der Waals surface area contributed by atoms with Gasteiger partial charge in [-0.2, -0.15) is 0 Å². The smallest absolute Gasteiger partial charge is 0.0771 e. The monoisotopic (exact) mass is 273 g/mol.